The van der Waals surface area contributed by atoms with Crippen molar-refractivity contribution in [2.45, 2.75) is 20.8 Å². The summed E-state index contributed by atoms with van der Waals surface area (Å²) in [7, 11) is 0. The highest BCUT2D eigenvalue weighted by Crippen LogP contribution is 2.22. The number of aromatic nitrogens is 1. The fraction of sp³-hybridized carbons (Fsp3) is 0.190. The van der Waals surface area contributed by atoms with E-state index in [-0.39, 0.29) is 18.2 Å². The van der Waals surface area contributed by atoms with E-state index in [4.69, 9.17) is 4.74 Å². The number of rotatable bonds is 5. The number of hydrogen-bond acceptors (Lipinski definition) is 2. The fourth-order valence-corrected chi connectivity index (χ4v) is 2.97. The summed E-state index contributed by atoms with van der Waals surface area (Å²) in [6, 6.07) is 15.7. The summed E-state index contributed by atoms with van der Waals surface area (Å²) in [5.41, 5.74) is 4.18. The van der Waals surface area contributed by atoms with E-state index < -0.39 is 0 Å². The second kappa shape index (κ2) is 6.93. The Balaban J connectivity index is 1.83. The number of nitrogens with zero attached hydrogens (tertiary/aromatic N) is 1. The molecule has 0 radical (unpaired) electrons. The molecule has 0 amide bonds. The van der Waals surface area contributed by atoms with Gasteiger partial charge >= 0.3 is 0 Å². The zero-order valence-electron chi connectivity index (χ0n) is 14.5. The molecule has 4 heteroatoms. The molecule has 1 heterocycles. The molecule has 0 spiro atoms. The van der Waals surface area contributed by atoms with Crippen molar-refractivity contribution < 1.29 is 13.9 Å². The largest absolute Gasteiger partial charge is 0.485 e. The van der Waals surface area contributed by atoms with Gasteiger partial charge in [0.05, 0.1) is 0 Å². The number of halogens is 1. The fourth-order valence-electron chi connectivity index (χ4n) is 2.97. The highest BCUT2D eigenvalue weighted by Gasteiger charge is 2.17. The topological polar surface area (TPSA) is 31.2 Å². The van der Waals surface area contributed by atoms with Crippen LogP contribution in [0.5, 0.6) is 5.75 Å². The maximum Gasteiger partial charge on any atom is 0.202 e. The number of ether oxygens (including phenoxy) is 1. The van der Waals surface area contributed by atoms with E-state index in [2.05, 4.69) is 0 Å². The van der Waals surface area contributed by atoms with Gasteiger partial charge in [-0.2, -0.15) is 0 Å². The molecule has 0 bridgehead atoms. The molecule has 0 saturated heterocycles. The second-order valence-electron chi connectivity index (χ2n) is 6.07. The van der Waals surface area contributed by atoms with Gasteiger partial charge in [-0.25, -0.2) is 4.39 Å². The number of benzene rings is 2. The molecule has 0 N–H and O–H groups in total. The van der Waals surface area contributed by atoms with Gasteiger partial charge in [0.2, 0.25) is 5.78 Å². The van der Waals surface area contributed by atoms with Crippen LogP contribution >= 0.6 is 0 Å². The zero-order chi connectivity index (χ0) is 18.0. The number of ketones is 1. The monoisotopic (exact) mass is 337 g/mol. The smallest absolute Gasteiger partial charge is 0.202 e. The summed E-state index contributed by atoms with van der Waals surface area (Å²) in [5.74, 6) is 0.349. The average molecular weight is 337 g/mol. The summed E-state index contributed by atoms with van der Waals surface area (Å²) in [6.07, 6.45) is 0. The lowest BCUT2D eigenvalue weighted by molar-refractivity contribution is 0.0920. The minimum absolute atomic E-state index is 0.0153. The predicted octanol–water partition coefficient (Wildman–Crippen LogP) is 4.80. The first-order valence-electron chi connectivity index (χ1n) is 8.14. The van der Waals surface area contributed by atoms with Crippen LogP contribution in [-0.4, -0.2) is 17.0 Å². The van der Waals surface area contributed by atoms with Crippen molar-refractivity contribution in [3.8, 4) is 11.4 Å². The number of carbonyl (C=O) groups excluding carboxylic acids is 1. The van der Waals surface area contributed by atoms with Gasteiger partial charge < -0.3 is 9.30 Å². The minimum atomic E-state index is -0.283. The van der Waals surface area contributed by atoms with Crippen LogP contribution in [0.3, 0.4) is 0 Å². The Bertz CT molecular complexity index is 910. The molecule has 2 aromatic carbocycles. The van der Waals surface area contributed by atoms with E-state index in [9.17, 15) is 9.18 Å². The molecule has 0 aliphatic carbocycles. The highest BCUT2D eigenvalue weighted by atomic mass is 19.1. The quantitative estimate of drug-likeness (QED) is 0.626. The summed E-state index contributed by atoms with van der Waals surface area (Å²) < 4.78 is 20.8. The molecule has 3 aromatic rings. The maximum absolute atomic E-state index is 13.2. The third-order valence-corrected chi connectivity index (χ3v) is 4.27. The first-order valence-corrected chi connectivity index (χ1v) is 8.14. The van der Waals surface area contributed by atoms with Crippen molar-refractivity contribution in [3.63, 3.8) is 0 Å². The Morgan fingerprint density at radius 3 is 2.40 bits per heavy atom. The number of carbonyl (C=O) groups is 1. The first-order chi connectivity index (χ1) is 12.0. The number of aryl methyl sites for hydroxylation is 2. The van der Waals surface area contributed by atoms with Crippen molar-refractivity contribution in [1.29, 1.82) is 0 Å². The molecule has 25 heavy (non-hydrogen) atoms. The second-order valence-corrected chi connectivity index (χ2v) is 6.07. The van der Waals surface area contributed by atoms with Crippen LogP contribution in [0.25, 0.3) is 5.69 Å². The summed E-state index contributed by atoms with van der Waals surface area (Å²) in [6.45, 7) is 5.74. The summed E-state index contributed by atoms with van der Waals surface area (Å²) in [4.78, 5) is 12.6. The first kappa shape index (κ1) is 17.0. The van der Waals surface area contributed by atoms with Crippen LogP contribution in [0.15, 0.2) is 54.6 Å². The van der Waals surface area contributed by atoms with Gasteiger partial charge in [-0.3, -0.25) is 4.79 Å². The highest BCUT2D eigenvalue weighted by molar-refractivity contribution is 5.98. The van der Waals surface area contributed by atoms with Crippen molar-refractivity contribution in [3.05, 3.63) is 82.9 Å². The van der Waals surface area contributed by atoms with Gasteiger partial charge in [-0.15, -0.1) is 0 Å². The molecular weight excluding hydrogens is 317 g/mol. The number of hydrogen-bond donors (Lipinski definition) is 0. The van der Waals surface area contributed by atoms with E-state index in [0.717, 1.165) is 22.6 Å². The van der Waals surface area contributed by atoms with E-state index in [1.165, 1.54) is 12.1 Å². The molecule has 1 aromatic heterocycles. The van der Waals surface area contributed by atoms with E-state index in [0.29, 0.717) is 11.3 Å². The number of para-hydroxylation sites is 1. The van der Waals surface area contributed by atoms with Gasteiger partial charge in [0.25, 0.3) is 0 Å². The van der Waals surface area contributed by atoms with Gasteiger partial charge in [-0.05, 0) is 62.7 Å². The Labute approximate surface area is 146 Å². The lowest BCUT2D eigenvalue weighted by atomic mass is 10.1. The van der Waals surface area contributed by atoms with Gasteiger partial charge in [-0.1, -0.05) is 18.2 Å². The van der Waals surface area contributed by atoms with Gasteiger partial charge in [0.15, 0.2) is 6.61 Å². The van der Waals surface area contributed by atoms with Crippen LogP contribution in [-0.2, 0) is 0 Å². The normalized spacial score (nSPS) is 10.7. The van der Waals surface area contributed by atoms with Gasteiger partial charge in [0.1, 0.15) is 11.6 Å². The average Bonchev–Trinajstić information content (AvgIpc) is 2.89. The van der Waals surface area contributed by atoms with Crippen LogP contribution in [0.2, 0.25) is 0 Å². The van der Waals surface area contributed by atoms with Crippen molar-refractivity contribution >= 4 is 5.78 Å². The van der Waals surface area contributed by atoms with Crippen molar-refractivity contribution in [1.82, 2.24) is 4.57 Å². The molecule has 0 atom stereocenters. The third kappa shape index (κ3) is 3.48. The van der Waals surface area contributed by atoms with E-state index in [1.54, 1.807) is 12.1 Å². The SMILES string of the molecule is Cc1ccccc1OCC(=O)c1cc(C)n(-c2ccc(F)cc2)c1C. The van der Waals surface area contributed by atoms with E-state index >= 15 is 0 Å². The third-order valence-electron chi connectivity index (χ3n) is 4.27. The van der Waals surface area contributed by atoms with Crippen molar-refractivity contribution in [2.75, 3.05) is 6.61 Å². The standard InChI is InChI=1S/C21H20FNO2/c1-14-6-4-5-7-21(14)25-13-20(24)19-12-15(2)23(16(19)3)18-10-8-17(22)9-11-18/h4-12H,13H2,1-3H3. The molecule has 0 aliphatic rings. The molecule has 0 unspecified atom stereocenters. The molecule has 0 fully saturated rings. The lowest BCUT2D eigenvalue weighted by Crippen LogP contribution is -2.13. The Morgan fingerprint density at radius 2 is 1.72 bits per heavy atom. The maximum atomic E-state index is 13.2. The van der Waals surface area contributed by atoms with Gasteiger partial charge in [0, 0.05) is 22.6 Å². The zero-order valence-corrected chi connectivity index (χ0v) is 14.5. The molecular formula is C21H20FNO2. The van der Waals surface area contributed by atoms with Crippen molar-refractivity contribution in [2.24, 2.45) is 0 Å². The minimum Gasteiger partial charge on any atom is -0.485 e. The summed E-state index contributed by atoms with van der Waals surface area (Å²) in [5, 5.41) is 0. The van der Waals surface area contributed by atoms with Crippen LogP contribution in [0, 0.1) is 26.6 Å². The molecule has 0 saturated carbocycles. The number of Topliss-reactive ketones (excluding diaryl/α,β-unsaturated/α-hetero) is 1. The Kier molecular flexibility index (Phi) is 4.70. The Morgan fingerprint density at radius 1 is 1.04 bits per heavy atom. The molecule has 128 valence electrons. The lowest BCUT2D eigenvalue weighted by Gasteiger charge is -2.10. The van der Waals surface area contributed by atoms with Crippen LogP contribution in [0.1, 0.15) is 27.3 Å². The van der Waals surface area contributed by atoms with Crippen LogP contribution < -0.4 is 4.74 Å². The van der Waals surface area contributed by atoms with E-state index in [1.807, 2.05) is 55.7 Å². The molecule has 3 rings (SSSR count). The molecule has 0 aliphatic heterocycles. The predicted molar refractivity (Wildman–Crippen MR) is 96.2 cm³/mol. The van der Waals surface area contributed by atoms with Crippen LogP contribution in [0.4, 0.5) is 4.39 Å². The Hall–Kier alpha value is -2.88. The summed E-state index contributed by atoms with van der Waals surface area (Å²) >= 11 is 0. The molecule has 3 nitrogen and oxygen atoms in total.